The first-order valence-corrected chi connectivity index (χ1v) is 14.2. The number of sulfonamides is 1. The number of hydrogen-bond donors (Lipinski definition) is 2. The van der Waals surface area contributed by atoms with Crippen molar-refractivity contribution in [2.75, 3.05) is 32.1 Å². The predicted octanol–water partition coefficient (Wildman–Crippen LogP) is 2.64. The van der Waals surface area contributed by atoms with Gasteiger partial charge in [0.2, 0.25) is 21.8 Å². The molecule has 2 aliphatic rings. The molecular weight excluding hydrogens is 513 g/mol. The molecular formula is C27H34FN3O6S. The molecule has 0 saturated heterocycles. The van der Waals surface area contributed by atoms with Crippen molar-refractivity contribution in [1.82, 2.24) is 9.21 Å². The van der Waals surface area contributed by atoms with Crippen LogP contribution >= 0.6 is 0 Å². The molecule has 1 saturated carbocycles. The van der Waals surface area contributed by atoms with Crippen molar-refractivity contribution >= 4 is 27.5 Å². The number of carbonyl (C=O) groups is 2. The second-order valence-electron chi connectivity index (χ2n) is 10.2. The highest BCUT2D eigenvalue weighted by Gasteiger charge is 2.34. The number of fused-ring (bicyclic) bond motifs is 1. The van der Waals surface area contributed by atoms with Gasteiger partial charge in [-0.15, -0.1) is 0 Å². The Kier molecular flexibility index (Phi) is 8.39. The number of hydrogen-bond acceptors (Lipinski definition) is 6. The first-order chi connectivity index (χ1) is 18.0. The first-order valence-electron chi connectivity index (χ1n) is 12.7. The molecule has 0 bridgehead atoms. The largest absolute Gasteiger partial charge is 0.488 e. The number of aliphatic hydroxyl groups is 1. The van der Waals surface area contributed by atoms with Gasteiger partial charge in [0.05, 0.1) is 30.5 Å². The topological polar surface area (TPSA) is 116 Å². The lowest BCUT2D eigenvalue weighted by molar-refractivity contribution is -0.134. The van der Waals surface area contributed by atoms with E-state index >= 15 is 0 Å². The lowest BCUT2D eigenvalue weighted by Gasteiger charge is -2.33. The van der Waals surface area contributed by atoms with Gasteiger partial charge in [-0.2, -0.15) is 4.31 Å². The highest BCUT2D eigenvalue weighted by atomic mass is 32.2. The summed E-state index contributed by atoms with van der Waals surface area (Å²) in [6.07, 6.45) is 1.07. The molecule has 1 fully saturated rings. The van der Waals surface area contributed by atoms with Gasteiger partial charge in [-0.3, -0.25) is 9.59 Å². The molecule has 3 atom stereocenters. The molecule has 38 heavy (non-hydrogen) atoms. The van der Waals surface area contributed by atoms with E-state index in [2.05, 4.69) is 5.32 Å². The molecule has 0 unspecified atom stereocenters. The van der Waals surface area contributed by atoms with E-state index in [1.807, 2.05) is 6.92 Å². The Morgan fingerprint density at radius 1 is 1.24 bits per heavy atom. The fourth-order valence-electron chi connectivity index (χ4n) is 4.45. The fourth-order valence-corrected chi connectivity index (χ4v) is 5.64. The summed E-state index contributed by atoms with van der Waals surface area (Å²) in [5.41, 5.74) is 1.11. The number of benzene rings is 2. The Balaban J connectivity index is 1.64. The van der Waals surface area contributed by atoms with Crippen LogP contribution in [0.1, 0.15) is 32.3 Å². The molecule has 0 aromatic heterocycles. The molecule has 0 radical (unpaired) electrons. The molecule has 2 aromatic rings. The molecule has 11 heteroatoms. The van der Waals surface area contributed by atoms with Crippen molar-refractivity contribution in [2.45, 2.75) is 50.2 Å². The van der Waals surface area contributed by atoms with Crippen molar-refractivity contribution in [1.29, 1.82) is 0 Å². The number of ether oxygens (including phenoxy) is 1. The molecule has 206 valence electrons. The minimum Gasteiger partial charge on any atom is -0.488 e. The molecule has 1 aliphatic carbocycles. The van der Waals surface area contributed by atoms with E-state index in [0.29, 0.717) is 17.0 Å². The molecule has 1 heterocycles. The number of nitrogens with zero attached hydrogens (tertiary/aromatic N) is 2. The maximum Gasteiger partial charge on any atom is 0.242 e. The van der Waals surface area contributed by atoms with Crippen LogP contribution in [-0.4, -0.2) is 73.4 Å². The van der Waals surface area contributed by atoms with Crippen molar-refractivity contribution in [3.63, 3.8) is 0 Å². The fraction of sp³-hybridized carbons (Fsp3) is 0.481. The summed E-state index contributed by atoms with van der Waals surface area (Å²) in [5, 5.41) is 12.7. The highest BCUT2D eigenvalue weighted by Crippen LogP contribution is 2.33. The van der Waals surface area contributed by atoms with Crippen molar-refractivity contribution < 1.29 is 32.2 Å². The molecule has 4 rings (SSSR count). The lowest BCUT2D eigenvalue weighted by atomic mass is 10.0. The van der Waals surface area contributed by atoms with Crippen LogP contribution in [0.3, 0.4) is 0 Å². The quantitative estimate of drug-likeness (QED) is 0.525. The minimum atomic E-state index is -3.94. The Hall–Kier alpha value is -3.02. The molecule has 2 aromatic carbocycles. The molecule has 2 amide bonds. The SMILES string of the molecule is C[C@H](CO)N1C[C@H](C)[C@@H](CN(C)S(=O)(=O)c2ccc(F)cc2)Oc2ccc(NC(=O)C3CC3)cc2CC1=O. The van der Waals surface area contributed by atoms with Crippen LogP contribution in [0.15, 0.2) is 47.4 Å². The average molecular weight is 548 g/mol. The third-order valence-corrected chi connectivity index (χ3v) is 8.93. The maximum absolute atomic E-state index is 13.4. The summed E-state index contributed by atoms with van der Waals surface area (Å²) in [4.78, 5) is 27.1. The van der Waals surface area contributed by atoms with E-state index < -0.39 is 28.0 Å². The summed E-state index contributed by atoms with van der Waals surface area (Å²) in [6, 6.07) is 9.26. The maximum atomic E-state index is 13.4. The predicted molar refractivity (Wildman–Crippen MR) is 140 cm³/mol. The number of amides is 2. The Morgan fingerprint density at radius 3 is 2.55 bits per heavy atom. The van der Waals surface area contributed by atoms with Crippen LogP contribution in [0.25, 0.3) is 0 Å². The lowest BCUT2D eigenvalue weighted by Crippen LogP contribution is -2.48. The Labute approximate surface area is 222 Å². The van der Waals surface area contributed by atoms with Crippen LogP contribution in [0, 0.1) is 17.7 Å². The summed E-state index contributed by atoms with van der Waals surface area (Å²) in [7, 11) is -2.51. The molecule has 0 spiro atoms. The number of anilines is 1. The zero-order chi connectivity index (χ0) is 27.6. The number of carbonyl (C=O) groups excluding carboxylic acids is 2. The van der Waals surface area contributed by atoms with Gasteiger partial charge in [0.1, 0.15) is 17.7 Å². The van der Waals surface area contributed by atoms with E-state index in [9.17, 15) is 27.5 Å². The summed E-state index contributed by atoms with van der Waals surface area (Å²) >= 11 is 0. The van der Waals surface area contributed by atoms with Crippen LogP contribution in [0.4, 0.5) is 10.1 Å². The second kappa shape index (κ2) is 11.4. The van der Waals surface area contributed by atoms with Crippen LogP contribution < -0.4 is 10.1 Å². The summed E-state index contributed by atoms with van der Waals surface area (Å²) in [6.45, 7) is 3.59. The number of likely N-dealkylation sites (N-methyl/N-ethyl adjacent to an activating group) is 1. The smallest absolute Gasteiger partial charge is 0.242 e. The second-order valence-corrected chi connectivity index (χ2v) is 12.3. The first kappa shape index (κ1) is 28.0. The van der Waals surface area contributed by atoms with E-state index in [-0.39, 0.29) is 54.7 Å². The molecule has 9 nitrogen and oxygen atoms in total. The van der Waals surface area contributed by atoms with Crippen molar-refractivity contribution in [3.05, 3.63) is 53.8 Å². The van der Waals surface area contributed by atoms with Crippen molar-refractivity contribution in [3.8, 4) is 5.75 Å². The van der Waals surface area contributed by atoms with E-state index in [1.165, 1.54) is 19.2 Å². The normalized spacial score (nSPS) is 21.1. The average Bonchev–Trinajstić information content (AvgIpc) is 3.72. The molecule has 1 aliphatic heterocycles. The number of nitrogens with one attached hydrogen (secondary N) is 1. The van der Waals surface area contributed by atoms with E-state index in [0.717, 1.165) is 29.3 Å². The zero-order valence-electron chi connectivity index (χ0n) is 21.8. The third kappa shape index (κ3) is 6.33. The highest BCUT2D eigenvalue weighted by molar-refractivity contribution is 7.89. The number of rotatable bonds is 8. The van der Waals surface area contributed by atoms with E-state index in [1.54, 1.807) is 30.0 Å². The van der Waals surface area contributed by atoms with Gasteiger partial charge in [-0.05, 0) is 62.2 Å². The standard InChI is InChI=1S/C27H34FN3O6S/c1-17-14-31(18(2)16-32)26(33)13-20-12-22(29-27(34)19-4-5-19)8-11-24(20)37-25(17)15-30(3)38(35,36)23-9-6-21(28)7-10-23/h6-12,17-19,25,32H,4-5,13-16H2,1-3H3,(H,29,34)/t17-,18+,25+/m0/s1. The van der Waals surface area contributed by atoms with Gasteiger partial charge >= 0.3 is 0 Å². The van der Waals surface area contributed by atoms with Gasteiger partial charge in [-0.1, -0.05) is 6.92 Å². The number of aliphatic hydroxyl groups excluding tert-OH is 1. The number of halogens is 1. The van der Waals surface area contributed by atoms with Gasteiger partial charge in [0, 0.05) is 36.7 Å². The van der Waals surface area contributed by atoms with E-state index in [4.69, 9.17) is 4.74 Å². The summed E-state index contributed by atoms with van der Waals surface area (Å²) < 4.78 is 47.2. The van der Waals surface area contributed by atoms with Crippen LogP contribution in [0.5, 0.6) is 5.75 Å². The van der Waals surface area contributed by atoms with Gasteiger partial charge in [-0.25, -0.2) is 12.8 Å². The zero-order valence-corrected chi connectivity index (χ0v) is 22.6. The Morgan fingerprint density at radius 2 is 1.92 bits per heavy atom. The van der Waals surface area contributed by atoms with Crippen LogP contribution in [0.2, 0.25) is 0 Å². The van der Waals surface area contributed by atoms with Gasteiger partial charge in [0.15, 0.2) is 0 Å². The van der Waals surface area contributed by atoms with Gasteiger partial charge in [0.25, 0.3) is 0 Å². The Bertz CT molecular complexity index is 1280. The minimum absolute atomic E-state index is 0.00400. The third-order valence-electron chi connectivity index (χ3n) is 7.09. The monoisotopic (exact) mass is 547 g/mol. The van der Waals surface area contributed by atoms with Crippen LogP contribution in [-0.2, 0) is 26.0 Å². The van der Waals surface area contributed by atoms with Crippen molar-refractivity contribution in [2.24, 2.45) is 11.8 Å². The van der Waals surface area contributed by atoms with Gasteiger partial charge < -0.3 is 20.1 Å². The molecule has 2 N–H and O–H groups in total. The summed E-state index contributed by atoms with van der Waals surface area (Å²) in [5.74, 6) is -0.670.